The number of carbonyl (C=O) groups is 2. The number of amides is 2. The Bertz CT molecular complexity index is 753. The molecule has 1 unspecified atom stereocenters. The van der Waals surface area contributed by atoms with Gasteiger partial charge in [0.05, 0.1) is 25.3 Å². The Morgan fingerprint density at radius 3 is 2.63 bits per heavy atom. The normalized spacial score (nSPS) is 20.1. The molecule has 1 aliphatic heterocycles. The van der Waals surface area contributed by atoms with Gasteiger partial charge < -0.3 is 24.8 Å². The van der Waals surface area contributed by atoms with Crippen LogP contribution < -0.4 is 20.1 Å². The SMILES string of the molecule is CCOc1ccc(C2NC(=O)NC(C)=C2C(=O)OC2CCCC2)cc1OC. The van der Waals surface area contributed by atoms with Gasteiger partial charge in [0.2, 0.25) is 0 Å². The highest BCUT2D eigenvalue weighted by molar-refractivity contribution is 5.95. The van der Waals surface area contributed by atoms with E-state index in [4.69, 9.17) is 14.2 Å². The van der Waals surface area contributed by atoms with Crippen molar-refractivity contribution in [3.63, 3.8) is 0 Å². The van der Waals surface area contributed by atoms with E-state index in [0.717, 1.165) is 31.2 Å². The Morgan fingerprint density at radius 2 is 1.96 bits per heavy atom. The van der Waals surface area contributed by atoms with Crippen LogP contribution in [0.2, 0.25) is 0 Å². The highest BCUT2D eigenvalue weighted by atomic mass is 16.5. The van der Waals surface area contributed by atoms with Crippen molar-refractivity contribution < 1.29 is 23.8 Å². The van der Waals surface area contributed by atoms with Gasteiger partial charge in [-0.15, -0.1) is 0 Å². The first-order valence-corrected chi connectivity index (χ1v) is 9.33. The fraction of sp³-hybridized carbons (Fsp3) is 0.500. The predicted octanol–water partition coefficient (Wildman–Crippen LogP) is 3.21. The first-order chi connectivity index (χ1) is 13.0. The van der Waals surface area contributed by atoms with Crippen molar-refractivity contribution >= 4 is 12.0 Å². The zero-order valence-electron chi connectivity index (χ0n) is 16.0. The molecule has 1 heterocycles. The molecule has 1 aliphatic carbocycles. The molecule has 0 spiro atoms. The number of hydrogen-bond donors (Lipinski definition) is 2. The average Bonchev–Trinajstić information content (AvgIpc) is 3.14. The summed E-state index contributed by atoms with van der Waals surface area (Å²) in [5.41, 5.74) is 1.63. The molecular weight excluding hydrogens is 348 g/mol. The Labute approximate surface area is 159 Å². The Balaban J connectivity index is 1.92. The second kappa shape index (κ2) is 8.33. The third-order valence-electron chi connectivity index (χ3n) is 4.89. The number of methoxy groups -OCH3 is 1. The topological polar surface area (TPSA) is 85.9 Å². The summed E-state index contributed by atoms with van der Waals surface area (Å²) < 4.78 is 16.6. The number of rotatable bonds is 6. The minimum Gasteiger partial charge on any atom is -0.493 e. The molecule has 2 aliphatic rings. The van der Waals surface area contributed by atoms with Crippen LogP contribution in [0.5, 0.6) is 11.5 Å². The third kappa shape index (κ3) is 4.18. The largest absolute Gasteiger partial charge is 0.493 e. The minimum atomic E-state index is -0.614. The number of esters is 1. The molecule has 0 radical (unpaired) electrons. The van der Waals surface area contributed by atoms with Crippen molar-refractivity contribution in [1.82, 2.24) is 10.6 Å². The summed E-state index contributed by atoms with van der Waals surface area (Å²) in [4.78, 5) is 24.9. The van der Waals surface area contributed by atoms with Gasteiger partial charge >= 0.3 is 12.0 Å². The molecule has 2 amide bonds. The zero-order chi connectivity index (χ0) is 19.4. The molecule has 0 aromatic heterocycles. The molecule has 1 aromatic carbocycles. The maximum Gasteiger partial charge on any atom is 0.338 e. The predicted molar refractivity (Wildman–Crippen MR) is 99.6 cm³/mol. The maximum absolute atomic E-state index is 12.9. The summed E-state index contributed by atoms with van der Waals surface area (Å²) >= 11 is 0. The minimum absolute atomic E-state index is 0.0501. The molecule has 27 heavy (non-hydrogen) atoms. The molecule has 1 atom stereocenters. The number of hydrogen-bond acceptors (Lipinski definition) is 5. The van der Waals surface area contributed by atoms with Crippen molar-refractivity contribution in [2.45, 2.75) is 51.7 Å². The molecule has 2 N–H and O–H groups in total. The van der Waals surface area contributed by atoms with Crippen molar-refractivity contribution in [3.8, 4) is 11.5 Å². The van der Waals surface area contributed by atoms with Crippen LogP contribution in [0, 0.1) is 0 Å². The molecular formula is C20H26N2O5. The van der Waals surface area contributed by atoms with Crippen molar-refractivity contribution in [2.75, 3.05) is 13.7 Å². The van der Waals surface area contributed by atoms with Gasteiger partial charge in [-0.05, 0) is 57.2 Å². The van der Waals surface area contributed by atoms with Crippen molar-refractivity contribution in [1.29, 1.82) is 0 Å². The van der Waals surface area contributed by atoms with Gasteiger partial charge in [0.1, 0.15) is 6.10 Å². The van der Waals surface area contributed by atoms with E-state index in [9.17, 15) is 9.59 Å². The molecule has 7 nitrogen and oxygen atoms in total. The maximum atomic E-state index is 12.9. The van der Waals surface area contributed by atoms with E-state index in [1.807, 2.05) is 13.0 Å². The second-order valence-corrected chi connectivity index (χ2v) is 6.73. The first kappa shape index (κ1) is 19.1. The lowest BCUT2D eigenvalue weighted by Crippen LogP contribution is -2.45. The van der Waals surface area contributed by atoms with E-state index in [1.165, 1.54) is 0 Å². The fourth-order valence-electron chi connectivity index (χ4n) is 3.57. The van der Waals surface area contributed by atoms with E-state index in [0.29, 0.717) is 29.4 Å². The average molecular weight is 374 g/mol. The summed E-state index contributed by atoms with van der Waals surface area (Å²) in [6.07, 6.45) is 3.87. The highest BCUT2D eigenvalue weighted by Gasteiger charge is 2.34. The van der Waals surface area contributed by atoms with Crippen LogP contribution in [0.15, 0.2) is 29.5 Å². The lowest BCUT2D eigenvalue weighted by molar-refractivity contribution is -0.144. The van der Waals surface area contributed by atoms with Crippen LogP contribution in [0.25, 0.3) is 0 Å². The van der Waals surface area contributed by atoms with Gasteiger partial charge in [0, 0.05) is 5.70 Å². The lowest BCUT2D eigenvalue weighted by Gasteiger charge is -2.29. The number of allylic oxidation sites excluding steroid dienone is 1. The monoisotopic (exact) mass is 374 g/mol. The van der Waals surface area contributed by atoms with Gasteiger partial charge in [-0.3, -0.25) is 0 Å². The molecule has 1 saturated carbocycles. The summed E-state index contributed by atoms with van der Waals surface area (Å²) in [5.74, 6) is 0.757. The zero-order valence-corrected chi connectivity index (χ0v) is 16.0. The van der Waals surface area contributed by atoms with E-state index in [-0.39, 0.29) is 12.1 Å². The van der Waals surface area contributed by atoms with E-state index in [1.54, 1.807) is 26.2 Å². The molecule has 1 aromatic rings. The summed E-state index contributed by atoms with van der Waals surface area (Å²) in [5, 5.41) is 5.48. The highest BCUT2D eigenvalue weighted by Crippen LogP contribution is 2.35. The number of nitrogens with one attached hydrogen (secondary N) is 2. The van der Waals surface area contributed by atoms with Crippen LogP contribution in [-0.2, 0) is 9.53 Å². The van der Waals surface area contributed by atoms with Gasteiger partial charge in [0.25, 0.3) is 0 Å². The van der Waals surface area contributed by atoms with Crippen molar-refractivity contribution in [2.24, 2.45) is 0 Å². The molecule has 3 rings (SSSR count). The second-order valence-electron chi connectivity index (χ2n) is 6.73. The van der Waals surface area contributed by atoms with Crippen molar-refractivity contribution in [3.05, 3.63) is 35.0 Å². The summed E-state index contributed by atoms with van der Waals surface area (Å²) in [7, 11) is 1.55. The van der Waals surface area contributed by atoms with Crippen LogP contribution in [0.4, 0.5) is 4.79 Å². The lowest BCUT2D eigenvalue weighted by atomic mass is 9.95. The Hall–Kier alpha value is -2.70. The van der Waals surface area contributed by atoms with Gasteiger partial charge in [-0.1, -0.05) is 6.07 Å². The number of ether oxygens (including phenoxy) is 3. The molecule has 1 fully saturated rings. The Kier molecular flexibility index (Phi) is 5.88. The van der Waals surface area contributed by atoms with Crippen LogP contribution in [-0.4, -0.2) is 31.8 Å². The van der Waals surface area contributed by atoms with Gasteiger partial charge in [-0.25, -0.2) is 9.59 Å². The van der Waals surface area contributed by atoms with E-state index >= 15 is 0 Å². The fourth-order valence-corrected chi connectivity index (χ4v) is 3.57. The van der Waals surface area contributed by atoms with Crippen LogP contribution in [0.1, 0.15) is 51.1 Å². The molecule has 0 bridgehead atoms. The number of carbonyl (C=O) groups excluding carboxylic acids is 2. The van der Waals surface area contributed by atoms with E-state index in [2.05, 4.69) is 10.6 Å². The summed E-state index contributed by atoms with van der Waals surface area (Å²) in [6, 6.07) is 4.40. The molecule has 146 valence electrons. The number of benzene rings is 1. The van der Waals surface area contributed by atoms with Crippen LogP contribution >= 0.6 is 0 Å². The van der Waals surface area contributed by atoms with E-state index < -0.39 is 12.0 Å². The standard InChI is InChI=1S/C20H26N2O5/c1-4-26-15-10-9-13(11-16(15)25-3)18-17(12(2)21-20(24)22-18)19(23)27-14-7-5-6-8-14/h9-11,14,18H,4-8H2,1-3H3,(H2,21,22,24). The van der Waals surface area contributed by atoms with Crippen LogP contribution in [0.3, 0.4) is 0 Å². The number of urea groups is 1. The van der Waals surface area contributed by atoms with Gasteiger partial charge in [-0.2, -0.15) is 0 Å². The molecule has 0 saturated heterocycles. The first-order valence-electron chi connectivity index (χ1n) is 9.33. The summed E-state index contributed by atoms with van der Waals surface area (Å²) in [6.45, 7) is 4.12. The molecule has 7 heteroatoms. The van der Waals surface area contributed by atoms with Gasteiger partial charge in [0.15, 0.2) is 11.5 Å². The smallest absolute Gasteiger partial charge is 0.338 e. The quantitative estimate of drug-likeness (QED) is 0.747. The Morgan fingerprint density at radius 1 is 1.22 bits per heavy atom. The third-order valence-corrected chi connectivity index (χ3v) is 4.89.